The van der Waals surface area contributed by atoms with E-state index in [1.54, 1.807) is 12.1 Å². The van der Waals surface area contributed by atoms with Gasteiger partial charge in [-0.05, 0) is 49.3 Å². The van der Waals surface area contributed by atoms with Crippen molar-refractivity contribution in [2.45, 2.75) is 50.7 Å². The molecule has 1 fully saturated rings. The molecule has 2 N–H and O–H groups in total. The third kappa shape index (κ3) is 5.19. The summed E-state index contributed by atoms with van der Waals surface area (Å²) in [7, 11) is 0. The third-order valence-electron chi connectivity index (χ3n) is 4.55. The second-order valence-electron chi connectivity index (χ2n) is 6.34. The number of nitrogens with zero attached hydrogens (tertiary/aromatic N) is 2. The summed E-state index contributed by atoms with van der Waals surface area (Å²) < 4.78 is 46.2. The highest BCUT2D eigenvalue weighted by Gasteiger charge is 2.31. The number of aromatic amines is 1. The number of ether oxygens (including phenoxy) is 2. The number of rotatable bonds is 6. The number of nitrogens with one attached hydrogen (secondary N) is 1. The molecule has 1 aliphatic carbocycles. The van der Waals surface area contributed by atoms with Gasteiger partial charge in [0.1, 0.15) is 11.4 Å². The first kappa shape index (κ1) is 19.2. The van der Waals surface area contributed by atoms with Gasteiger partial charge < -0.3 is 14.6 Å². The van der Waals surface area contributed by atoms with Crippen LogP contribution >= 0.6 is 0 Å². The molecular weight excluding hydrogens is 367 g/mol. The number of H-pyrrole nitrogens is 1. The lowest BCUT2D eigenvalue weighted by atomic mass is 9.83. The van der Waals surface area contributed by atoms with Crippen molar-refractivity contribution in [3.05, 3.63) is 41.2 Å². The number of benzene rings is 1. The van der Waals surface area contributed by atoms with E-state index in [1.807, 2.05) is 0 Å². The number of aromatic carboxylic acids is 1. The summed E-state index contributed by atoms with van der Waals surface area (Å²) in [4.78, 5) is 11.0. The molecule has 0 bridgehead atoms. The van der Waals surface area contributed by atoms with E-state index in [0.29, 0.717) is 0 Å². The largest absolute Gasteiger partial charge is 0.573 e. The SMILES string of the molecule is O=C(O)c1[nH]nnc1CO[C@H]1CC[C@H](c2ccc(OC(F)(F)F)cc2)CC1. The maximum Gasteiger partial charge on any atom is 0.573 e. The molecule has 0 amide bonds. The molecule has 0 atom stereocenters. The van der Waals surface area contributed by atoms with Gasteiger partial charge in [0.25, 0.3) is 0 Å². The summed E-state index contributed by atoms with van der Waals surface area (Å²) in [6, 6.07) is 5.95. The average Bonchev–Trinajstić information content (AvgIpc) is 3.09. The summed E-state index contributed by atoms with van der Waals surface area (Å²) in [5.74, 6) is -1.13. The van der Waals surface area contributed by atoms with Gasteiger partial charge in [-0.3, -0.25) is 5.10 Å². The molecule has 27 heavy (non-hydrogen) atoms. The van der Waals surface area contributed by atoms with E-state index in [4.69, 9.17) is 9.84 Å². The Bertz CT molecular complexity index is 768. The maximum absolute atomic E-state index is 12.2. The minimum Gasteiger partial charge on any atom is -0.476 e. The van der Waals surface area contributed by atoms with Gasteiger partial charge in [-0.15, -0.1) is 18.3 Å². The normalized spacial score (nSPS) is 20.4. The fourth-order valence-corrected chi connectivity index (χ4v) is 3.22. The topological polar surface area (TPSA) is 97.3 Å². The predicted octanol–water partition coefficient (Wildman–Crippen LogP) is 3.64. The first-order valence-electron chi connectivity index (χ1n) is 8.42. The van der Waals surface area contributed by atoms with Gasteiger partial charge >= 0.3 is 12.3 Å². The molecule has 0 aliphatic heterocycles. The minimum atomic E-state index is -4.69. The number of carboxylic acid groups (broad SMARTS) is 1. The van der Waals surface area contributed by atoms with E-state index in [0.717, 1.165) is 31.2 Å². The van der Waals surface area contributed by atoms with E-state index in [-0.39, 0.29) is 35.8 Å². The molecule has 0 radical (unpaired) electrons. The van der Waals surface area contributed by atoms with Crippen LogP contribution in [0.4, 0.5) is 13.2 Å². The highest BCUT2D eigenvalue weighted by Crippen LogP contribution is 2.35. The molecule has 1 aromatic heterocycles. The van der Waals surface area contributed by atoms with E-state index in [1.165, 1.54) is 12.1 Å². The molecule has 0 saturated heterocycles. The van der Waals surface area contributed by atoms with Crippen molar-refractivity contribution in [1.29, 1.82) is 0 Å². The fraction of sp³-hybridized carbons (Fsp3) is 0.471. The quantitative estimate of drug-likeness (QED) is 0.788. The smallest absolute Gasteiger partial charge is 0.476 e. The predicted molar refractivity (Wildman–Crippen MR) is 86.3 cm³/mol. The zero-order chi connectivity index (χ0) is 19.4. The number of hydrogen-bond donors (Lipinski definition) is 2. The van der Waals surface area contributed by atoms with E-state index >= 15 is 0 Å². The second-order valence-corrected chi connectivity index (χ2v) is 6.34. The van der Waals surface area contributed by atoms with E-state index in [9.17, 15) is 18.0 Å². The van der Waals surface area contributed by atoms with Crippen molar-refractivity contribution in [2.24, 2.45) is 0 Å². The minimum absolute atomic E-state index is 0.0209. The van der Waals surface area contributed by atoms with Crippen LogP contribution in [0, 0.1) is 0 Å². The van der Waals surface area contributed by atoms with Gasteiger partial charge in [0.2, 0.25) is 0 Å². The standard InChI is InChI=1S/C17H18F3N3O4/c18-17(19,20)27-13-7-3-11(4-8-13)10-1-5-12(6-2-10)26-9-14-15(16(24)25)22-23-21-14/h3-4,7-8,10,12H,1-2,5-6,9H2,(H,24,25)(H,21,22,23)/t10-,12-. The van der Waals surface area contributed by atoms with Gasteiger partial charge in [0.15, 0.2) is 5.69 Å². The zero-order valence-corrected chi connectivity index (χ0v) is 14.2. The molecule has 146 valence electrons. The van der Waals surface area contributed by atoms with Gasteiger partial charge in [-0.25, -0.2) is 4.79 Å². The Labute approximate surface area is 152 Å². The van der Waals surface area contributed by atoms with Crippen LogP contribution in [0.15, 0.2) is 24.3 Å². The van der Waals surface area contributed by atoms with Gasteiger partial charge in [0.05, 0.1) is 12.7 Å². The Morgan fingerprint density at radius 2 is 1.85 bits per heavy atom. The van der Waals surface area contributed by atoms with E-state index in [2.05, 4.69) is 20.1 Å². The molecule has 0 unspecified atom stereocenters. The Hall–Kier alpha value is -2.62. The van der Waals surface area contributed by atoms with Crippen LogP contribution in [0.3, 0.4) is 0 Å². The monoisotopic (exact) mass is 385 g/mol. The summed E-state index contributed by atoms with van der Waals surface area (Å²) in [6.07, 6.45) is -1.52. The third-order valence-corrected chi connectivity index (χ3v) is 4.55. The maximum atomic E-state index is 12.2. The van der Waals surface area contributed by atoms with Crippen molar-refractivity contribution in [2.75, 3.05) is 0 Å². The molecule has 1 aliphatic rings. The number of hydrogen-bond acceptors (Lipinski definition) is 5. The Balaban J connectivity index is 1.48. The first-order chi connectivity index (χ1) is 12.8. The van der Waals surface area contributed by atoms with Crippen LogP contribution in [-0.2, 0) is 11.3 Å². The lowest BCUT2D eigenvalue weighted by Gasteiger charge is -2.28. The van der Waals surface area contributed by atoms with Crippen LogP contribution in [0.1, 0.15) is 53.3 Å². The van der Waals surface area contributed by atoms with E-state index < -0.39 is 12.3 Å². The van der Waals surface area contributed by atoms with Crippen LogP contribution in [0.5, 0.6) is 5.75 Å². The summed E-state index contributed by atoms with van der Waals surface area (Å²) in [5.41, 5.74) is 1.14. The molecule has 0 spiro atoms. The van der Waals surface area contributed by atoms with Crippen LogP contribution in [0.2, 0.25) is 0 Å². The Kier molecular flexibility index (Phi) is 5.64. The Morgan fingerprint density at radius 1 is 1.19 bits per heavy atom. The van der Waals surface area contributed by atoms with Crippen LogP contribution in [0.25, 0.3) is 0 Å². The number of alkyl halides is 3. The first-order valence-corrected chi connectivity index (χ1v) is 8.42. The summed E-state index contributed by atoms with van der Waals surface area (Å²) >= 11 is 0. The van der Waals surface area contributed by atoms with Gasteiger partial charge in [0, 0.05) is 0 Å². The molecular formula is C17H18F3N3O4. The number of aromatic nitrogens is 3. The summed E-state index contributed by atoms with van der Waals surface area (Å²) in [6.45, 7) is 0.0664. The average molecular weight is 385 g/mol. The lowest BCUT2D eigenvalue weighted by Crippen LogP contribution is -2.21. The molecule has 1 saturated carbocycles. The molecule has 2 aromatic rings. The lowest BCUT2D eigenvalue weighted by molar-refractivity contribution is -0.274. The number of carboxylic acids is 1. The van der Waals surface area contributed by atoms with Gasteiger partial charge in [-0.1, -0.05) is 17.3 Å². The van der Waals surface area contributed by atoms with Crippen molar-refractivity contribution in [1.82, 2.24) is 15.4 Å². The van der Waals surface area contributed by atoms with Crippen molar-refractivity contribution < 1.29 is 32.5 Å². The second kappa shape index (κ2) is 7.95. The summed E-state index contributed by atoms with van der Waals surface area (Å²) in [5, 5.41) is 18.5. The highest BCUT2D eigenvalue weighted by molar-refractivity contribution is 5.86. The molecule has 10 heteroatoms. The van der Waals surface area contributed by atoms with Crippen molar-refractivity contribution >= 4 is 5.97 Å². The van der Waals surface area contributed by atoms with Crippen LogP contribution in [-0.4, -0.2) is 39.0 Å². The molecule has 1 heterocycles. The molecule has 1 aromatic carbocycles. The number of halogens is 3. The number of carbonyl (C=O) groups is 1. The van der Waals surface area contributed by atoms with Crippen molar-refractivity contribution in [3.63, 3.8) is 0 Å². The molecule has 3 rings (SSSR count). The highest BCUT2D eigenvalue weighted by atomic mass is 19.4. The zero-order valence-electron chi connectivity index (χ0n) is 14.2. The fourth-order valence-electron chi connectivity index (χ4n) is 3.22. The van der Waals surface area contributed by atoms with Gasteiger partial charge in [-0.2, -0.15) is 0 Å². The Morgan fingerprint density at radius 3 is 2.44 bits per heavy atom. The molecule has 7 nitrogen and oxygen atoms in total. The van der Waals surface area contributed by atoms with Crippen LogP contribution < -0.4 is 4.74 Å². The van der Waals surface area contributed by atoms with Crippen molar-refractivity contribution in [3.8, 4) is 5.75 Å².